The molecule has 0 spiro atoms. The van der Waals surface area contributed by atoms with E-state index in [0.29, 0.717) is 31.6 Å². The predicted molar refractivity (Wildman–Crippen MR) is 98.8 cm³/mol. The van der Waals surface area contributed by atoms with Crippen molar-refractivity contribution in [2.45, 2.75) is 57.2 Å². The Kier molecular flexibility index (Phi) is 7.60. The number of hydrogen-bond donors (Lipinski definition) is 4. The minimum absolute atomic E-state index is 0.154. The van der Waals surface area contributed by atoms with Crippen LogP contribution in [0.1, 0.15) is 38.2 Å². The van der Waals surface area contributed by atoms with Crippen LogP contribution >= 0.6 is 0 Å². The van der Waals surface area contributed by atoms with Crippen molar-refractivity contribution in [2.75, 3.05) is 6.61 Å². The number of primary amides is 1. The molecule has 8 nitrogen and oxygen atoms in total. The van der Waals surface area contributed by atoms with Gasteiger partial charge in [0.25, 0.3) is 0 Å². The number of ether oxygens (including phenoxy) is 1. The molecule has 0 saturated carbocycles. The molecule has 0 aromatic heterocycles. The van der Waals surface area contributed by atoms with Gasteiger partial charge in [0.1, 0.15) is 11.8 Å². The van der Waals surface area contributed by atoms with Crippen LogP contribution in [0.15, 0.2) is 24.3 Å². The molecule has 3 unspecified atom stereocenters. The molecule has 2 heterocycles. The fraction of sp³-hybridized carbons (Fsp3) is 0.526. The maximum atomic E-state index is 12.6. The van der Waals surface area contributed by atoms with Gasteiger partial charge in [0.2, 0.25) is 17.7 Å². The van der Waals surface area contributed by atoms with E-state index in [4.69, 9.17) is 10.5 Å². The van der Waals surface area contributed by atoms with Gasteiger partial charge in [-0.25, -0.2) is 0 Å². The maximum Gasteiger partial charge on any atom is 0.243 e. The second-order valence-electron chi connectivity index (χ2n) is 6.68. The second-order valence-corrected chi connectivity index (χ2v) is 6.68. The Hall–Kier alpha value is -2.61. The first-order valence-electron chi connectivity index (χ1n) is 9.17. The molecule has 2 aliphatic heterocycles. The quantitative estimate of drug-likeness (QED) is 0.587. The van der Waals surface area contributed by atoms with Crippen LogP contribution in [0, 0.1) is 0 Å². The van der Waals surface area contributed by atoms with Gasteiger partial charge in [0, 0.05) is 6.42 Å². The van der Waals surface area contributed by atoms with Gasteiger partial charge in [0.15, 0.2) is 0 Å². The number of carbonyl (C=O) groups excluding carboxylic acids is 3. The fourth-order valence-electron chi connectivity index (χ4n) is 2.93. The molecule has 2 bridgehead atoms. The Morgan fingerprint density at radius 3 is 2.63 bits per heavy atom. The monoisotopic (exact) mass is 377 g/mol. The molecule has 1 aromatic rings. The highest BCUT2D eigenvalue weighted by Gasteiger charge is 2.27. The molecular formula is C19H27N3O5. The third-order valence-corrected chi connectivity index (χ3v) is 4.46. The molecule has 27 heavy (non-hydrogen) atoms. The Balaban J connectivity index is 2.25. The van der Waals surface area contributed by atoms with Crippen LogP contribution in [-0.4, -0.2) is 47.6 Å². The van der Waals surface area contributed by atoms with Crippen LogP contribution in [-0.2, 0) is 20.8 Å². The number of aliphatic hydroxyl groups is 1. The lowest BCUT2D eigenvalue weighted by atomic mass is 9.99. The zero-order valence-corrected chi connectivity index (χ0v) is 15.4. The standard InChI is InChI=1S/C19H27N3O5/c1-2-16(23)14-10-12-5-7-13(8-6-12)27-9-3-4-18(25)21-15(11-17(20)24)19(26)22-14/h5-8,14-16,23H,2-4,9-11H2,1H3,(H2,20,24)(H,21,25)(H,22,26). The molecule has 0 fully saturated rings. The Bertz CT molecular complexity index is 662. The number of benzene rings is 1. The summed E-state index contributed by atoms with van der Waals surface area (Å²) < 4.78 is 5.61. The number of hydrogen-bond acceptors (Lipinski definition) is 5. The van der Waals surface area contributed by atoms with Gasteiger partial charge < -0.3 is 26.2 Å². The fourth-order valence-corrected chi connectivity index (χ4v) is 2.93. The van der Waals surface area contributed by atoms with Crippen molar-refractivity contribution < 1.29 is 24.2 Å². The first-order valence-corrected chi connectivity index (χ1v) is 9.17. The van der Waals surface area contributed by atoms with Gasteiger partial charge in [0.05, 0.1) is 25.2 Å². The van der Waals surface area contributed by atoms with E-state index in [-0.39, 0.29) is 18.7 Å². The van der Waals surface area contributed by atoms with E-state index in [9.17, 15) is 19.5 Å². The van der Waals surface area contributed by atoms with Crippen molar-refractivity contribution in [2.24, 2.45) is 5.73 Å². The van der Waals surface area contributed by atoms with Gasteiger partial charge in [-0.3, -0.25) is 14.4 Å². The van der Waals surface area contributed by atoms with E-state index in [2.05, 4.69) is 10.6 Å². The molecule has 8 heteroatoms. The normalized spacial score (nSPS) is 22.6. The average molecular weight is 377 g/mol. The third kappa shape index (κ3) is 6.56. The smallest absolute Gasteiger partial charge is 0.243 e. The minimum Gasteiger partial charge on any atom is -0.494 e. The molecule has 0 radical (unpaired) electrons. The predicted octanol–water partition coefficient (Wildman–Crippen LogP) is 0.0176. The van der Waals surface area contributed by atoms with E-state index in [1.165, 1.54) is 0 Å². The summed E-state index contributed by atoms with van der Waals surface area (Å²) in [4.78, 5) is 36.1. The van der Waals surface area contributed by atoms with Crippen molar-refractivity contribution in [1.82, 2.24) is 10.6 Å². The highest BCUT2D eigenvalue weighted by Crippen LogP contribution is 2.16. The lowest BCUT2D eigenvalue weighted by Crippen LogP contribution is -2.54. The van der Waals surface area contributed by atoms with E-state index in [1.807, 2.05) is 31.2 Å². The number of aliphatic hydroxyl groups excluding tert-OH is 1. The van der Waals surface area contributed by atoms with Gasteiger partial charge in [-0.15, -0.1) is 0 Å². The van der Waals surface area contributed by atoms with Gasteiger partial charge in [-0.2, -0.15) is 0 Å². The third-order valence-electron chi connectivity index (χ3n) is 4.46. The molecule has 5 N–H and O–H groups in total. The maximum absolute atomic E-state index is 12.6. The summed E-state index contributed by atoms with van der Waals surface area (Å²) in [5.74, 6) is -0.906. The summed E-state index contributed by atoms with van der Waals surface area (Å²) in [6.45, 7) is 2.17. The van der Waals surface area contributed by atoms with Crippen molar-refractivity contribution in [3.8, 4) is 5.75 Å². The van der Waals surface area contributed by atoms with Crippen LogP contribution < -0.4 is 21.1 Å². The highest BCUT2D eigenvalue weighted by atomic mass is 16.5. The number of amides is 3. The second kappa shape index (κ2) is 9.91. The lowest BCUT2D eigenvalue weighted by Gasteiger charge is -2.26. The molecule has 3 amide bonds. The SMILES string of the molecule is CCC(O)C1Cc2ccc(cc2)OCCCC(=O)NC(CC(N)=O)C(=O)N1. The van der Waals surface area contributed by atoms with Crippen molar-refractivity contribution in [3.05, 3.63) is 29.8 Å². The van der Waals surface area contributed by atoms with Crippen molar-refractivity contribution >= 4 is 17.7 Å². The van der Waals surface area contributed by atoms with E-state index < -0.39 is 30.0 Å². The van der Waals surface area contributed by atoms with Crippen LogP contribution in [0.5, 0.6) is 5.75 Å². The molecule has 3 atom stereocenters. The van der Waals surface area contributed by atoms with Crippen molar-refractivity contribution in [1.29, 1.82) is 0 Å². The summed E-state index contributed by atoms with van der Waals surface area (Å²) in [6, 6.07) is 5.76. The number of rotatable bonds is 4. The zero-order chi connectivity index (χ0) is 19.8. The van der Waals surface area contributed by atoms with Crippen LogP contribution in [0.25, 0.3) is 0 Å². The number of fused-ring (bicyclic) bond motifs is 12. The minimum atomic E-state index is -1.07. The summed E-state index contributed by atoms with van der Waals surface area (Å²) in [7, 11) is 0. The summed E-state index contributed by atoms with van der Waals surface area (Å²) in [6.07, 6.45) is 0.386. The first-order chi connectivity index (χ1) is 12.9. The molecular weight excluding hydrogens is 350 g/mol. The average Bonchev–Trinajstić information content (AvgIpc) is 2.64. The zero-order valence-electron chi connectivity index (χ0n) is 15.4. The van der Waals surface area contributed by atoms with Crippen LogP contribution in [0.3, 0.4) is 0 Å². The summed E-state index contributed by atoms with van der Waals surface area (Å²) in [5.41, 5.74) is 6.14. The Morgan fingerprint density at radius 2 is 2.00 bits per heavy atom. The molecule has 0 aliphatic carbocycles. The molecule has 2 aliphatic rings. The van der Waals surface area contributed by atoms with E-state index in [0.717, 1.165) is 5.56 Å². The topological polar surface area (TPSA) is 131 Å². The molecule has 3 rings (SSSR count). The number of carbonyl (C=O) groups is 3. The number of nitrogens with one attached hydrogen (secondary N) is 2. The van der Waals surface area contributed by atoms with Gasteiger partial charge >= 0.3 is 0 Å². The van der Waals surface area contributed by atoms with Gasteiger partial charge in [-0.05, 0) is 37.0 Å². The summed E-state index contributed by atoms with van der Waals surface area (Å²) >= 11 is 0. The Labute approximate surface area is 158 Å². The van der Waals surface area contributed by atoms with Crippen LogP contribution in [0.2, 0.25) is 0 Å². The van der Waals surface area contributed by atoms with Crippen molar-refractivity contribution in [3.63, 3.8) is 0 Å². The lowest BCUT2D eigenvalue weighted by molar-refractivity contribution is -0.132. The largest absolute Gasteiger partial charge is 0.494 e. The van der Waals surface area contributed by atoms with Gasteiger partial charge in [-0.1, -0.05) is 19.1 Å². The van der Waals surface area contributed by atoms with E-state index in [1.54, 1.807) is 0 Å². The highest BCUT2D eigenvalue weighted by molar-refractivity contribution is 5.91. The summed E-state index contributed by atoms with van der Waals surface area (Å²) in [5, 5.41) is 15.6. The molecule has 1 aromatic carbocycles. The van der Waals surface area contributed by atoms with Crippen LogP contribution in [0.4, 0.5) is 0 Å². The Morgan fingerprint density at radius 1 is 1.30 bits per heavy atom. The molecule has 148 valence electrons. The number of nitrogens with two attached hydrogens (primary N) is 1. The van der Waals surface area contributed by atoms with E-state index >= 15 is 0 Å². The molecule has 0 saturated heterocycles. The first kappa shape index (κ1) is 20.7.